The Labute approximate surface area is 158 Å². The van der Waals surface area contributed by atoms with Crippen molar-refractivity contribution in [1.29, 1.82) is 0 Å². The third-order valence-electron chi connectivity index (χ3n) is 3.25. The molecule has 1 N–H and O–H groups in total. The first kappa shape index (κ1) is 19.8. The molecule has 7 nitrogen and oxygen atoms in total. The molecule has 2 aromatic heterocycles. The summed E-state index contributed by atoms with van der Waals surface area (Å²) in [4.78, 5) is 15.2. The van der Waals surface area contributed by atoms with Crippen LogP contribution in [-0.2, 0) is 20.1 Å². The van der Waals surface area contributed by atoms with Crippen molar-refractivity contribution in [2.75, 3.05) is 14.1 Å². The van der Waals surface area contributed by atoms with Crippen LogP contribution >= 0.6 is 35.3 Å². The van der Waals surface area contributed by atoms with Crippen molar-refractivity contribution in [3.63, 3.8) is 0 Å². The van der Waals surface area contributed by atoms with E-state index in [1.165, 1.54) is 5.01 Å². The second kappa shape index (κ2) is 9.16. The van der Waals surface area contributed by atoms with Gasteiger partial charge in [-0.15, -0.1) is 35.3 Å². The summed E-state index contributed by atoms with van der Waals surface area (Å²) in [6.45, 7) is 5.62. The number of hydrogen-bond donors (Lipinski definition) is 1. The Balaban J connectivity index is 0.00000264. The van der Waals surface area contributed by atoms with Crippen LogP contribution in [0.3, 0.4) is 0 Å². The number of nitrogens with one attached hydrogen (secondary N) is 1. The lowest BCUT2D eigenvalue weighted by atomic mass is 10.2. The van der Waals surface area contributed by atoms with Crippen LogP contribution in [-0.4, -0.2) is 44.7 Å². The zero-order valence-corrected chi connectivity index (χ0v) is 17.3. The van der Waals surface area contributed by atoms with Crippen molar-refractivity contribution in [1.82, 2.24) is 30.0 Å². The molecule has 2 rings (SSSR count). The molecular weight excluding hydrogens is 425 g/mol. The van der Waals surface area contributed by atoms with Gasteiger partial charge in [-0.3, -0.25) is 9.67 Å². The minimum absolute atomic E-state index is 0. The fourth-order valence-corrected chi connectivity index (χ4v) is 2.81. The SMILES string of the molecule is CN=C(NCc1csc(C(C)C)n1)N(C)Cc1ncnn1C.I. The molecule has 2 heterocycles. The number of aryl methyl sites for hydroxylation is 1. The van der Waals surface area contributed by atoms with Crippen LogP contribution in [0, 0.1) is 0 Å². The highest BCUT2D eigenvalue weighted by molar-refractivity contribution is 14.0. The summed E-state index contributed by atoms with van der Waals surface area (Å²) in [6.07, 6.45) is 1.56. The van der Waals surface area contributed by atoms with Gasteiger partial charge in [0.1, 0.15) is 12.2 Å². The van der Waals surface area contributed by atoms with Crippen LogP contribution < -0.4 is 5.32 Å². The molecule has 0 radical (unpaired) electrons. The van der Waals surface area contributed by atoms with E-state index in [1.54, 1.807) is 29.4 Å². The molecule has 0 fully saturated rings. The molecule has 0 spiro atoms. The second-order valence-corrected chi connectivity index (χ2v) is 6.28. The summed E-state index contributed by atoms with van der Waals surface area (Å²) >= 11 is 1.70. The Hall–Kier alpha value is -1.23. The van der Waals surface area contributed by atoms with Crippen molar-refractivity contribution in [2.45, 2.75) is 32.9 Å². The molecule has 23 heavy (non-hydrogen) atoms. The van der Waals surface area contributed by atoms with Crippen molar-refractivity contribution in [3.05, 3.63) is 28.2 Å². The van der Waals surface area contributed by atoms with Gasteiger partial charge in [-0.1, -0.05) is 13.8 Å². The van der Waals surface area contributed by atoms with E-state index in [-0.39, 0.29) is 24.0 Å². The van der Waals surface area contributed by atoms with E-state index in [2.05, 4.69) is 44.6 Å². The Morgan fingerprint density at radius 3 is 2.74 bits per heavy atom. The molecule has 0 saturated heterocycles. The molecule has 0 unspecified atom stereocenters. The highest BCUT2D eigenvalue weighted by Gasteiger charge is 2.11. The first-order valence-corrected chi connectivity index (χ1v) is 8.08. The number of rotatable bonds is 5. The maximum Gasteiger partial charge on any atom is 0.194 e. The average molecular weight is 449 g/mol. The first-order chi connectivity index (χ1) is 10.5. The van der Waals surface area contributed by atoms with E-state index >= 15 is 0 Å². The first-order valence-electron chi connectivity index (χ1n) is 7.20. The summed E-state index contributed by atoms with van der Waals surface area (Å²) in [5.41, 5.74) is 1.04. The number of nitrogens with zero attached hydrogens (tertiary/aromatic N) is 6. The Morgan fingerprint density at radius 1 is 1.48 bits per heavy atom. The van der Waals surface area contributed by atoms with Gasteiger partial charge in [0, 0.05) is 32.4 Å². The highest BCUT2D eigenvalue weighted by atomic mass is 127. The average Bonchev–Trinajstić information content (AvgIpc) is 3.10. The number of aliphatic imine (C=N–C) groups is 1. The second-order valence-electron chi connectivity index (χ2n) is 5.39. The summed E-state index contributed by atoms with van der Waals surface area (Å²) in [6, 6.07) is 0. The maximum atomic E-state index is 4.62. The molecule has 0 bridgehead atoms. The molecule has 0 aliphatic carbocycles. The zero-order chi connectivity index (χ0) is 16.1. The largest absolute Gasteiger partial charge is 0.351 e. The third-order valence-corrected chi connectivity index (χ3v) is 4.44. The summed E-state index contributed by atoms with van der Waals surface area (Å²) < 4.78 is 1.76. The van der Waals surface area contributed by atoms with E-state index in [9.17, 15) is 0 Å². The summed E-state index contributed by atoms with van der Waals surface area (Å²) in [5.74, 6) is 2.17. The van der Waals surface area contributed by atoms with E-state index in [0.717, 1.165) is 17.5 Å². The van der Waals surface area contributed by atoms with Crippen molar-refractivity contribution >= 4 is 41.3 Å². The molecule has 0 amide bonds. The van der Waals surface area contributed by atoms with Gasteiger partial charge in [0.25, 0.3) is 0 Å². The Kier molecular flexibility index (Phi) is 7.89. The van der Waals surface area contributed by atoms with Gasteiger partial charge in [0.15, 0.2) is 5.96 Å². The number of hydrogen-bond acceptors (Lipinski definition) is 5. The lowest BCUT2D eigenvalue weighted by Crippen LogP contribution is -2.38. The quantitative estimate of drug-likeness (QED) is 0.431. The third kappa shape index (κ3) is 5.41. The van der Waals surface area contributed by atoms with Gasteiger partial charge in [0.2, 0.25) is 0 Å². The molecule has 0 atom stereocenters. The predicted molar refractivity (Wildman–Crippen MR) is 104 cm³/mol. The fourth-order valence-electron chi connectivity index (χ4n) is 1.97. The lowest BCUT2D eigenvalue weighted by molar-refractivity contribution is 0.448. The number of halogens is 1. The predicted octanol–water partition coefficient (Wildman–Crippen LogP) is 2.22. The van der Waals surface area contributed by atoms with Gasteiger partial charge in [0.05, 0.1) is 23.8 Å². The molecule has 128 valence electrons. The topological polar surface area (TPSA) is 71.2 Å². The van der Waals surface area contributed by atoms with Crippen molar-refractivity contribution in [2.24, 2.45) is 12.0 Å². The zero-order valence-electron chi connectivity index (χ0n) is 14.1. The fraction of sp³-hybridized carbons (Fsp3) is 0.571. The highest BCUT2D eigenvalue weighted by Crippen LogP contribution is 2.18. The van der Waals surface area contributed by atoms with Crippen LogP contribution in [0.5, 0.6) is 0 Å². The van der Waals surface area contributed by atoms with E-state index in [0.29, 0.717) is 19.0 Å². The van der Waals surface area contributed by atoms with Crippen molar-refractivity contribution < 1.29 is 0 Å². The minimum atomic E-state index is 0. The molecule has 0 aromatic carbocycles. The van der Waals surface area contributed by atoms with Gasteiger partial charge in [-0.25, -0.2) is 9.97 Å². The number of aromatic nitrogens is 4. The monoisotopic (exact) mass is 449 g/mol. The molecule has 9 heteroatoms. The number of guanidine groups is 1. The number of thiazole rings is 1. The van der Waals surface area contributed by atoms with Crippen LogP contribution in [0.4, 0.5) is 0 Å². The van der Waals surface area contributed by atoms with E-state index in [4.69, 9.17) is 0 Å². The molecule has 0 aliphatic rings. The van der Waals surface area contributed by atoms with Crippen LogP contribution in [0.15, 0.2) is 16.7 Å². The Bertz CT molecular complexity index is 635. The standard InChI is InChI=1S/C14H23N7S.HI/c1-10(2)13-19-11(8-22-13)6-16-14(15-3)20(4)7-12-17-9-18-21(12)5;/h8-10H,6-7H2,1-5H3,(H,15,16);1H. The van der Waals surface area contributed by atoms with E-state index < -0.39 is 0 Å². The maximum absolute atomic E-state index is 4.62. The molecular formula is C14H24IN7S. The Morgan fingerprint density at radius 2 is 2.22 bits per heavy atom. The normalized spacial score (nSPS) is 11.5. The molecule has 0 aliphatic heterocycles. The van der Waals surface area contributed by atoms with Gasteiger partial charge in [-0.05, 0) is 0 Å². The van der Waals surface area contributed by atoms with Gasteiger partial charge in [-0.2, -0.15) is 5.10 Å². The lowest BCUT2D eigenvalue weighted by Gasteiger charge is -2.21. The van der Waals surface area contributed by atoms with Crippen molar-refractivity contribution in [3.8, 4) is 0 Å². The van der Waals surface area contributed by atoms with E-state index in [1.807, 2.05) is 19.0 Å². The minimum Gasteiger partial charge on any atom is -0.351 e. The molecule has 2 aromatic rings. The van der Waals surface area contributed by atoms with Crippen LogP contribution in [0.1, 0.15) is 36.3 Å². The van der Waals surface area contributed by atoms with Crippen LogP contribution in [0.2, 0.25) is 0 Å². The summed E-state index contributed by atoms with van der Waals surface area (Å²) in [5, 5.41) is 10.7. The van der Waals surface area contributed by atoms with Gasteiger partial charge >= 0.3 is 0 Å². The smallest absolute Gasteiger partial charge is 0.194 e. The van der Waals surface area contributed by atoms with Crippen LogP contribution in [0.25, 0.3) is 0 Å². The molecule has 0 saturated carbocycles. The van der Waals surface area contributed by atoms with Gasteiger partial charge < -0.3 is 10.2 Å². The summed E-state index contributed by atoms with van der Waals surface area (Å²) in [7, 11) is 5.63.